The zero-order valence-corrected chi connectivity index (χ0v) is 14.9. The van der Waals surface area contributed by atoms with Crippen LogP contribution in [0.5, 0.6) is 5.75 Å². The predicted octanol–water partition coefficient (Wildman–Crippen LogP) is 4.59. The normalized spacial score (nSPS) is 11.6. The molecule has 0 saturated heterocycles. The Morgan fingerprint density at radius 3 is 2.67 bits per heavy atom. The Labute approximate surface area is 158 Å². The third-order valence-electron chi connectivity index (χ3n) is 3.51. The molecule has 0 heterocycles. The molecule has 8 heteroatoms. The third kappa shape index (κ3) is 5.76. The summed E-state index contributed by atoms with van der Waals surface area (Å²) in [5, 5.41) is 11.6. The number of nitriles is 1. The van der Waals surface area contributed by atoms with Crippen LogP contribution in [0.15, 0.2) is 48.0 Å². The number of alkyl halides is 3. The van der Waals surface area contributed by atoms with Crippen LogP contribution in [-0.4, -0.2) is 13.0 Å². The fourth-order valence-corrected chi connectivity index (χ4v) is 2.48. The third-order valence-corrected chi connectivity index (χ3v) is 3.73. The number of nitrogens with one attached hydrogen (secondary N) is 1. The molecule has 1 amide bonds. The van der Waals surface area contributed by atoms with Crippen LogP contribution in [0.25, 0.3) is 6.08 Å². The summed E-state index contributed by atoms with van der Waals surface area (Å²) < 4.78 is 43.7. The molecule has 140 valence electrons. The van der Waals surface area contributed by atoms with E-state index in [1.807, 2.05) is 0 Å². The van der Waals surface area contributed by atoms with Gasteiger partial charge in [-0.05, 0) is 47.5 Å². The largest absolute Gasteiger partial charge is 0.497 e. The maximum Gasteiger partial charge on any atom is 0.416 e. The summed E-state index contributed by atoms with van der Waals surface area (Å²) in [5.74, 6) is -0.106. The van der Waals surface area contributed by atoms with E-state index in [4.69, 9.17) is 16.3 Å². The first-order valence-electron chi connectivity index (χ1n) is 7.63. The first-order chi connectivity index (χ1) is 12.7. The molecule has 0 unspecified atom stereocenters. The van der Waals surface area contributed by atoms with Crippen molar-refractivity contribution in [2.24, 2.45) is 0 Å². The topological polar surface area (TPSA) is 62.1 Å². The number of carbonyl (C=O) groups excluding carboxylic acids is 1. The number of nitrogens with zero attached hydrogens (tertiary/aromatic N) is 1. The molecule has 0 aliphatic heterocycles. The van der Waals surface area contributed by atoms with Gasteiger partial charge in [0.1, 0.15) is 17.4 Å². The van der Waals surface area contributed by atoms with E-state index in [0.717, 1.165) is 23.8 Å². The smallest absolute Gasteiger partial charge is 0.416 e. The Hall–Kier alpha value is -2.98. The number of rotatable bonds is 5. The van der Waals surface area contributed by atoms with Crippen molar-refractivity contribution in [2.75, 3.05) is 7.11 Å². The summed E-state index contributed by atoms with van der Waals surface area (Å²) in [6.07, 6.45) is -3.53. The second-order valence-corrected chi connectivity index (χ2v) is 5.91. The number of halogens is 4. The molecule has 1 N–H and O–H groups in total. The van der Waals surface area contributed by atoms with Crippen molar-refractivity contribution in [3.8, 4) is 11.8 Å². The van der Waals surface area contributed by atoms with Gasteiger partial charge in [-0.3, -0.25) is 4.79 Å². The summed E-state index contributed by atoms with van der Waals surface area (Å²) in [4.78, 5) is 12.2. The van der Waals surface area contributed by atoms with Crippen LogP contribution < -0.4 is 10.1 Å². The Balaban J connectivity index is 2.19. The molecule has 0 bridgehead atoms. The maximum absolute atomic E-state index is 12.9. The number of carbonyl (C=O) groups is 1. The van der Waals surface area contributed by atoms with E-state index < -0.39 is 17.6 Å². The fraction of sp³-hybridized carbons (Fsp3) is 0.158. The van der Waals surface area contributed by atoms with Gasteiger partial charge >= 0.3 is 6.18 Å². The number of benzene rings is 2. The van der Waals surface area contributed by atoms with Crippen LogP contribution >= 0.6 is 11.6 Å². The van der Waals surface area contributed by atoms with Gasteiger partial charge < -0.3 is 10.1 Å². The minimum absolute atomic E-state index is 0.00269. The summed E-state index contributed by atoms with van der Waals surface area (Å²) >= 11 is 5.71. The van der Waals surface area contributed by atoms with Crippen molar-refractivity contribution in [3.05, 3.63) is 69.8 Å². The van der Waals surface area contributed by atoms with Crippen molar-refractivity contribution in [2.45, 2.75) is 12.7 Å². The minimum atomic E-state index is -4.59. The highest BCUT2D eigenvalue weighted by atomic mass is 35.5. The van der Waals surface area contributed by atoms with Gasteiger partial charge in [0.05, 0.1) is 12.7 Å². The number of hydrogen-bond donors (Lipinski definition) is 1. The van der Waals surface area contributed by atoms with E-state index in [2.05, 4.69) is 5.32 Å². The summed E-state index contributed by atoms with van der Waals surface area (Å²) in [6, 6.07) is 11.5. The quantitative estimate of drug-likeness (QED) is 0.596. The lowest BCUT2D eigenvalue weighted by Gasteiger charge is -2.09. The summed E-state index contributed by atoms with van der Waals surface area (Å²) in [7, 11) is 1.51. The van der Waals surface area contributed by atoms with Crippen LogP contribution in [0, 0.1) is 11.3 Å². The Morgan fingerprint density at radius 2 is 2.04 bits per heavy atom. The molecule has 0 aliphatic carbocycles. The standard InChI is InChI=1S/C19H14ClF3N2O2/c1-27-17-4-2-3-12(8-17)11-25-18(26)14(10-24)5-13-6-15(19(21,22)23)9-16(20)7-13/h2-9H,11H2,1H3,(H,25,26)/b14-5+. The highest BCUT2D eigenvalue weighted by Gasteiger charge is 2.31. The van der Waals surface area contributed by atoms with Crippen molar-refractivity contribution in [1.29, 1.82) is 5.26 Å². The summed E-state index contributed by atoms with van der Waals surface area (Å²) in [5.41, 5.74) is -0.561. The molecule has 27 heavy (non-hydrogen) atoms. The van der Waals surface area contributed by atoms with Gasteiger partial charge in [-0.25, -0.2) is 0 Å². The highest BCUT2D eigenvalue weighted by molar-refractivity contribution is 6.30. The monoisotopic (exact) mass is 394 g/mol. The first kappa shape index (κ1) is 20.3. The minimum Gasteiger partial charge on any atom is -0.497 e. The molecule has 2 rings (SSSR count). The first-order valence-corrected chi connectivity index (χ1v) is 8.01. The zero-order valence-electron chi connectivity index (χ0n) is 14.1. The molecule has 4 nitrogen and oxygen atoms in total. The molecule has 2 aromatic rings. The van der Waals surface area contributed by atoms with Crippen molar-refractivity contribution >= 4 is 23.6 Å². The van der Waals surface area contributed by atoms with Gasteiger partial charge in [0.2, 0.25) is 0 Å². The summed E-state index contributed by atoms with van der Waals surface area (Å²) in [6.45, 7) is 0.123. The Kier molecular flexibility index (Phi) is 6.48. The second-order valence-electron chi connectivity index (χ2n) is 5.48. The van der Waals surface area contributed by atoms with Gasteiger partial charge in [0.15, 0.2) is 0 Å². The highest BCUT2D eigenvalue weighted by Crippen LogP contribution is 2.32. The van der Waals surface area contributed by atoms with E-state index in [0.29, 0.717) is 5.75 Å². The van der Waals surface area contributed by atoms with E-state index in [-0.39, 0.29) is 22.7 Å². The lowest BCUT2D eigenvalue weighted by Crippen LogP contribution is -2.24. The SMILES string of the molecule is COc1cccc(CNC(=O)/C(C#N)=C/c2cc(Cl)cc(C(F)(F)F)c2)c1. The van der Waals surface area contributed by atoms with E-state index >= 15 is 0 Å². The molecule has 0 aliphatic rings. The molecule has 0 fully saturated rings. The van der Waals surface area contributed by atoms with E-state index in [1.54, 1.807) is 30.3 Å². The van der Waals surface area contributed by atoms with Crippen LogP contribution in [0.4, 0.5) is 13.2 Å². The number of amides is 1. The molecule has 0 atom stereocenters. The molecule has 0 saturated carbocycles. The average molecular weight is 395 g/mol. The zero-order chi connectivity index (χ0) is 20.0. The van der Waals surface area contributed by atoms with Crippen LogP contribution in [-0.2, 0) is 17.5 Å². The second kappa shape index (κ2) is 8.60. The Bertz CT molecular complexity index is 918. The molecular formula is C19H14ClF3N2O2. The van der Waals surface area contributed by atoms with Gasteiger partial charge in [-0.1, -0.05) is 23.7 Å². The molecule has 2 aromatic carbocycles. The number of methoxy groups -OCH3 is 1. The van der Waals surface area contributed by atoms with Crippen LogP contribution in [0.2, 0.25) is 5.02 Å². The molecular weight excluding hydrogens is 381 g/mol. The van der Waals surface area contributed by atoms with Gasteiger partial charge in [-0.2, -0.15) is 18.4 Å². The van der Waals surface area contributed by atoms with Crippen molar-refractivity contribution in [1.82, 2.24) is 5.32 Å². The average Bonchev–Trinajstić information content (AvgIpc) is 2.63. The number of hydrogen-bond acceptors (Lipinski definition) is 3. The molecule has 0 radical (unpaired) electrons. The maximum atomic E-state index is 12.9. The number of ether oxygens (including phenoxy) is 1. The fourth-order valence-electron chi connectivity index (χ4n) is 2.23. The van der Waals surface area contributed by atoms with Gasteiger partial charge in [0.25, 0.3) is 5.91 Å². The van der Waals surface area contributed by atoms with Crippen LogP contribution in [0.1, 0.15) is 16.7 Å². The Morgan fingerprint density at radius 1 is 1.30 bits per heavy atom. The van der Waals surface area contributed by atoms with E-state index in [1.165, 1.54) is 13.2 Å². The molecule has 0 aromatic heterocycles. The molecule has 0 spiro atoms. The van der Waals surface area contributed by atoms with Crippen LogP contribution in [0.3, 0.4) is 0 Å². The van der Waals surface area contributed by atoms with Crippen molar-refractivity contribution < 1.29 is 22.7 Å². The van der Waals surface area contributed by atoms with Gasteiger partial charge in [0, 0.05) is 11.6 Å². The predicted molar refractivity (Wildman–Crippen MR) is 94.9 cm³/mol. The van der Waals surface area contributed by atoms with Crippen molar-refractivity contribution in [3.63, 3.8) is 0 Å². The van der Waals surface area contributed by atoms with Gasteiger partial charge in [-0.15, -0.1) is 0 Å². The lowest BCUT2D eigenvalue weighted by atomic mass is 10.1. The lowest BCUT2D eigenvalue weighted by molar-refractivity contribution is -0.137. The van der Waals surface area contributed by atoms with E-state index in [9.17, 15) is 23.2 Å².